The smallest absolute Gasteiger partial charge is 0.161 e. The van der Waals surface area contributed by atoms with Gasteiger partial charge in [0.15, 0.2) is 11.5 Å². The second-order valence-corrected chi connectivity index (χ2v) is 9.06. The summed E-state index contributed by atoms with van der Waals surface area (Å²) < 4.78 is 2.04. The third-order valence-corrected chi connectivity index (χ3v) is 6.15. The number of hydrogen-bond acceptors (Lipinski definition) is 6. The summed E-state index contributed by atoms with van der Waals surface area (Å²) in [5.41, 5.74) is 9.19. The molecule has 0 spiro atoms. The number of fused-ring (bicyclic) bond motifs is 2. The van der Waals surface area contributed by atoms with Crippen LogP contribution in [0.2, 0.25) is 0 Å². The lowest BCUT2D eigenvalue weighted by atomic mass is 9.96. The predicted molar refractivity (Wildman–Crippen MR) is 132 cm³/mol. The number of aromatic amines is 2. The van der Waals surface area contributed by atoms with Gasteiger partial charge >= 0.3 is 0 Å². The Hall–Kier alpha value is -4.27. The number of nitrogens with one attached hydrogen (secondary N) is 2. The van der Waals surface area contributed by atoms with E-state index < -0.39 is 0 Å². The van der Waals surface area contributed by atoms with Crippen molar-refractivity contribution in [2.24, 2.45) is 5.92 Å². The average molecular weight is 452 g/mol. The van der Waals surface area contributed by atoms with Gasteiger partial charge < -0.3 is 14.5 Å². The number of pyridine rings is 2. The molecule has 6 rings (SSSR count). The molecular formula is C25H25N9. The topological polar surface area (TPSA) is 104 Å². The first kappa shape index (κ1) is 20.3. The van der Waals surface area contributed by atoms with Crippen LogP contribution in [0.1, 0.15) is 24.0 Å². The van der Waals surface area contributed by atoms with Crippen LogP contribution in [-0.4, -0.2) is 53.8 Å². The van der Waals surface area contributed by atoms with Crippen molar-refractivity contribution < 1.29 is 0 Å². The van der Waals surface area contributed by atoms with Crippen LogP contribution in [-0.2, 0) is 6.42 Å². The van der Waals surface area contributed by atoms with E-state index in [1.165, 1.54) is 0 Å². The van der Waals surface area contributed by atoms with Gasteiger partial charge in [0.2, 0.25) is 0 Å². The molecule has 0 saturated heterocycles. The Balaban J connectivity index is 1.44. The quantitative estimate of drug-likeness (QED) is 0.427. The SMILES string of the molecule is Cc1cn(C2=CC(C)Cc3[nH]c(-c4n[nH]c5ccc(-c6cncc(N(C)C)c6)nc45)nc32)cn1. The van der Waals surface area contributed by atoms with Gasteiger partial charge in [0, 0.05) is 37.7 Å². The minimum atomic E-state index is 0.385. The van der Waals surface area contributed by atoms with Crippen LogP contribution in [0.3, 0.4) is 0 Å². The van der Waals surface area contributed by atoms with Crippen LogP contribution in [0.25, 0.3) is 39.5 Å². The fraction of sp³-hybridized carbons (Fsp3) is 0.240. The zero-order valence-corrected chi connectivity index (χ0v) is 19.5. The highest BCUT2D eigenvalue weighted by atomic mass is 15.2. The highest BCUT2D eigenvalue weighted by Crippen LogP contribution is 2.33. The molecule has 0 radical (unpaired) electrons. The van der Waals surface area contributed by atoms with E-state index in [1.807, 2.05) is 67.5 Å². The molecule has 1 unspecified atom stereocenters. The maximum absolute atomic E-state index is 4.97. The van der Waals surface area contributed by atoms with Crippen molar-refractivity contribution >= 4 is 22.4 Å². The van der Waals surface area contributed by atoms with Crippen LogP contribution in [0, 0.1) is 12.8 Å². The van der Waals surface area contributed by atoms with Crippen molar-refractivity contribution in [3.05, 3.63) is 66.3 Å². The first-order valence-electron chi connectivity index (χ1n) is 11.3. The van der Waals surface area contributed by atoms with Gasteiger partial charge in [0.1, 0.15) is 11.2 Å². The van der Waals surface area contributed by atoms with E-state index in [-0.39, 0.29) is 0 Å². The molecule has 1 aliphatic rings. The minimum absolute atomic E-state index is 0.385. The summed E-state index contributed by atoms with van der Waals surface area (Å²) in [7, 11) is 4.00. The van der Waals surface area contributed by atoms with Crippen molar-refractivity contribution in [2.75, 3.05) is 19.0 Å². The van der Waals surface area contributed by atoms with Crippen molar-refractivity contribution in [2.45, 2.75) is 20.3 Å². The van der Waals surface area contributed by atoms with Gasteiger partial charge in [-0.25, -0.2) is 15.0 Å². The van der Waals surface area contributed by atoms with E-state index >= 15 is 0 Å². The zero-order valence-electron chi connectivity index (χ0n) is 19.5. The largest absolute Gasteiger partial charge is 0.376 e. The van der Waals surface area contributed by atoms with Crippen molar-refractivity contribution in [3.63, 3.8) is 0 Å². The third kappa shape index (κ3) is 3.37. The van der Waals surface area contributed by atoms with Gasteiger partial charge in [-0.05, 0) is 37.5 Å². The standard InChI is InChI=1S/C25H25N9/c1-14-7-20-22(21(8-14)34-12-15(2)27-13-34)30-25(29-20)24-23-19(31-32-24)6-5-18(28-23)16-9-17(33(3)4)11-26-10-16/h5-6,8-14H,7H2,1-4H3,(H,29,30)(H,31,32). The molecule has 9 nitrogen and oxygen atoms in total. The summed E-state index contributed by atoms with van der Waals surface area (Å²) >= 11 is 0. The molecule has 1 aliphatic carbocycles. The van der Waals surface area contributed by atoms with Gasteiger partial charge in [-0.1, -0.05) is 13.0 Å². The van der Waals surface area contributed by atoms with E-state index in [1.54, 1.807) is 0 Å². The Kier molecular flexibility index (Phi) is 4.58. The lowest BCUT2D eigenvalue weighted by Gasteiger charge is -2.17. The number of aromatic nitrogens is 8. The summed E-state index contributed by atoms with van der Waals surface area (Å²) in [6.07, 6.45) is 10.7. The molecule has 0 aromatic carbocycles. The lowest BCUT2D eigenvalue weighted by molar-refractivity contribution is 0.692. The van der Waals surface area contributed by atoms with Gasteiger partial charge in [-0.3, -0.25) is 10.1 Å². The van der Waals surface area contributed by atoms with E-state index in [4.69, 9.17) is 9.97 Å². The van der Waals surface area contributed by atoms with Crippen molar-refractivity contribution in [1.82, 2.24) is 39.7 Å². The van der Waals surface area contributed by atoms with Crippen LogP contribution in [0.15, 0.2) is 49.2 Å². The molecule has 170 valence electrons. The third-order valence-electron chi connectivity index (χ3n) is 6.15. The first-order valence-corrected chi connectivity index (χ1v) is 11.3. The number of H-pyrrole nitrogens is 2. The van der Waals surface area contributed by atoms with Crippen molar-refractivity contribution in [3.8, 4) is 22.8 Å². The number of imidazole rings is 2. The predicted octanol–water partition coefficient (Wildman–Crippen LogP) is 4.06. The molecule has 0 amide bonds. The molecule has 5 aromatic heterocycles. The number of rotatable bonds is 4. The van der Waals surface area contributed by atoms with Gasteiger partial charge in [-0.2, -0.15) is 5.10 Å². The maximum atomic E-state index is 4.97. The van der Waals surface area contributed by atoms with Crippen LogP contribution in [0.5, 0.6) is 0 Å². The monoisotopic (exact) mass is 451 g/mol. The van der Waals surface area contributed by atoms with E-state index in [2.05, 4.69) is 44.2 Å². The Morgan fingerprint density at radius 1 is 1.12 bits per heavy atom. The molecule has 9 heteroatoms. The summed E-state index contributed by atoms with van der Waals surface area (Å²) in [6, 6.07) is 6.07. The molecule has 5 aromatic rings. The Morgan fingerprint density at radius 2 is 2.00 bits per heavy atom. The zero-order chi connectivity index (χ0) is 23.4. The fourth-order valence-electron chi connectivity index (χ4n) is 4.41. The maximum Gasteiger partial charge on any atom is 0.161 e. The lowest BCUT2D eigenvalue weighted by Crippen LogP contribution is -2.11. The first-order chi connectivity index (χ1) is 16.5. The molecular weight excluding hydrogens is 426 g/mol. The van der Waals surface area contributed by atoms with E-state index in [9.17, 15) is 0 Å². The van der Waals surface area contributed by atoms with Crippen LogP contribution >= 0.6 is 0 Å². The second kappa shape index (κ2) is 7.65. The summed E-state index contributed by atoms with van der Waals surface area (Å²) in [4.78, 5) is 24.2. The highest BCUT2D eigenvalue weighted by molar-refractivity contribution is 5.90. The molecule has 0 bridgehead atoms. The highest BCUT2D eigenvalue weighted by Gasteiger charge is 2.25. The van der Waals surface area contributed by atoms with Crippen LogP contribution in [0.4, 0.5) is 5.69 Å². The summed E-state index contributed by atoms with van der Waals surface area (Å²) in [5.74, 6) is 1.09. The number of allylic oxidation sites excluding steroid dienone is 1. The van der Waals surface area contributed by atoms with Gasteiger partial charge in [0.25, 0.3) is 0 Å². The molecule has 1 atom stereocenters. The number of aryl methyl sites for hydroxylation is 1. The average Bonchev–Trinajstić information content (AvgIpc) is 3.55. The molecule has 0 aliphatic heterocycles. The second-order valence-electron chi connectivity index (χ2n) is 9.06. The molecule has 34 heavy (non-hydrogen) atoms. The van der Waals surface area contributed by atoms with Gasteiger partial charge in [-0.15, -0.1) is 0 Å². The Bertz CT molecular complexity index is 1550. The Labute approximate surface area is 196 Å². The normalized spacial score (nSPS) is 15.4. The van der Waals surface area contributed by atoms with Crippen molar-refractivity contribution in [1.29, 1.82) is 0 Å². The Morgan fingerprint density at radius 3 is 2.79 bits per heavy atom. The minimum Gasteiger partial charge on any atom is -0.376 e. The molecule has 0 saturated carbocycles. The van der Waals surface area contributed by atoms with E-state index in [0.29, 0.717) is 17.4 Å². The summed E-state index contributed by atoms with van der Waals surface area (Å²) in [6.45, 7) is 4.20. The number of hydrogen-bond donors (Lipinski definition) is 2. The molecule has 5 heterocycles. The molecule has 2 N–H and O–H groups in total. The van der Waals surface area contributed by atoms with Gasteiger partial charge in [0.05, 0.1) is 40.8 Å². The fourth-order valence-corrected chi connectivity index (χ4v) is 4.41. The van der Waals surface area contributed by atoms with Crippen LogP contribution < -0.4 is 4.90 Å². The summed E-state index contributed by atoms with van der Waals surface area (Å²) in [5, 5.41) is 7.67. The number of nitrogens with zero attached hydrogens (tertiary/aromatic N) is 7. The van der Waals surface area contributed by atoms with E-state index in [0.717, 1.165) is 57.2 Å². The number of anilines is 1. The molecule has 0 fully saturated rings.